The van der Waals surface area contributed by atoms with Gasteiger partial charge in [-0.1, -0.05) is 69.2 Å². The van der Waals surface area contributed by atoms with Crippen molar-refractivity contribution < 1.29 is 0 Å². The average Bonchev–Trinajstić information content (AvgIpc) is 2.38. The molecule has 1 rings (SSSR count). The van der Waals surface area contributed by atoms with Gasteiger partial charge in [-0.2, -0.15) is 0 Å². The molecule has 0 bridgehead atoms. The van der Waals surface area contributed by atoms with Gasteiger partial charge in [-0.3, -0.25) is 0 Å². The van der Waals surface area contributed by atoms with Crippen LogP contribution in [0.3, 0.4) is 0 Å². The van der Waals surface area contributed by atoms with E-state index in [0.29, 0.717) is 6.04 Å². The number of rotatable bonds is 9. The molecule has 2 N–H and O–H groups in total. The van der Waals surface area contributed by atoms with Gasteiger partial charge in [0.05, 0.1) is 0 Å². The van der Waals surface area contributed by atoms with Crippen molar-refractivity contribution in [2.75, 3.05) is 0 Å². The van der Waals surface area contributed by atoms with Crippen LogP contribution in [0.1, 0.15) is 68.6 Å². The predicted molar refractivity (Wildman–Crippen MR) is 85.6 cm³/mol. The van der Waals surface area contributed by atoms with E-state index in [-0.39, 0.29) is 0 Å². The molecule has 0 heterocycles. The third-order valence-corrected chi connectivity index (χ3v) is 3.92. The number of hydrogen-bond donors (Lipinski definition) is 1. The van der Waals surface area contributed by atoms with Gasteiger partial charge in [0, 0.05) is 6.04 Å². The Hall–Kier alpha value is -0.820. The molecule has 0 aliphatic rings. The van der Waals surface area contributed by atoms with Gasteiger partial charge in [0.25, 0.3) is 0 Å². The lowest BCUT2D eigenvalue weighted by Gasteiger charge is -2.14. The molecule has 19 heavy (non-hydrogen) atoms. The predicted octanol–water partition coefficient (Wildman–Crippen LogP) is 4.92. The van der Waals surface area contributed by atoms with Gasteiger partial charge < -0.3 is 5.73 Å². The Morgan fingerprint density at radius 2 is 1.68 bits per heavy atom. The molecule has 0 aliphatic carbocycles. The van der Waals surface area contributed by atoms with Crippen LogP contribution in [0, 0.1) is 13.8 Å². The molecule has 0 fully saturated rings. The third kappa shape index (κ3) is 6.77. The molecule has 1 aromatic rings. The van der Waals surface area contributed by atoms with Crippen molar-refractivity contribution in [2.45, 2.75) is 78.2 Å². The van der Waals surface area contributed by atoms with E-state index in [1.807, 2.05) is 0 Å². The van der Waals surface area contributed by atoms with Crippen molar-refractivity contribution in [1.82, 2.24) is 0 Å². The summed E-state index contributed by atoms with van der Waals surface area (Å²) < 4.78 is 0. The molecule has 0 saturated carbocycles. The minimum Gasteiger partial charge on any atom is -0.327 e. The molecule has 0 amide bonds. The lowest BCUT2D eigenvalue weighted by atomic mass is 9.96. The highest BCUT2D eigenvalue weighted by Crippen LogP contribution is 2.15. The molecule has 0 spiro atoms. The second-order valence-electron chi connectivity index (χ2n) is 5.95. The molecule has 1 nitrogen and oxygen atoms in total. The number of unbranched alkanes of at least 4 members (excludes halogenated alkanes) is 5. The summed E-state index contributed by atoms with van der Waals surface area (Å²) in [6.45, 7) is 6.61. The number of benzene rings is 1. The lowest BCUT2D eigenvalue weighted by Crippen LogP contribution is -2.23. The number of hydrogen-bond acceptors (Lipinski definition) is 1. The fourth-order valence-electron chi connectivity index (χ4n) is 2.59. The van der Waals surface area contributed by atoms with Gasteiger partial charge in [0.15, 0.2) is 0 Å². The minimum absolute atomic E-state index is 0.326. The maximum Gasteiger partial charge on any atom is 0.00794 e. The highest BCUT2D eigenvalue weighted by Gasteiger charge is 2.06. The van der Waals surface area contributed by atoms with E-state index in [4.69, 9.17) is 5.73 Å². The van der Waals surface area contributed by atoms with Crippen molar-refractivity contribution in [2.24, 2.45) is 5.73 Å². The van der Waals surface area contributed by atoms with Gasteiger partial charge >= 0.3 is 0 Å². The quantitative estimate of drug-likeness (QED) is 0.627. The zero-order valence-electron chi connectivity index (χ0n) is 13.0. The molecule has 0 radical (unpaired) electrons. The first-order valence-corrected chi connectivity index (χ1v) is 7.95. The fourth-order valence-corrected chi connectivity index (χ4v) is 2.59. The Balaban J connectivity index is 2.23. The summed E-state index contributed by atoms with van der Waals surface area (Å²) >= 11 is 0. The normalized spacial score (nSPS) is 12.6. The largest absolute Gasteiger partial charge is 0.327 e. The Morgan fingerprint density at radius 1 is 1.00 bits per heavy atom. The molecule has 1 atom stereocenters. The molecule has 1 aromatic carbocycles. The van der Waals surface area contributed by atoms with Crippen LogP contribution < -0.4 is 5.73 Å². The van der Waals surface area contributed by atoms with Gasteiger partial charge in [0.1, 0.15) is 0 Å². The summed E-state index contributed by atoms with van der Waals surface area (Å²) in [6.07, 6.45) is 10.3. The van der Waals surface area contributed by atoms with Crippen LogP contribution in [0.25, 0.3) is 0 Å². The van der Waals surface area contributed by atoms with E-state index in [2.05, 4.69) is 39.0 Å². The number of aryl methyl sites for hydroxylation is 2. The van der Waals surface area contributed by atoms with E-state index >= 15 is 0 Å². The maximum atomic E-state index is 6.27. The summed E-state index contributed by atoms with van der Waals surface area (Å²) in [5.41, 5.74) is 10.4. The first-order chi connectivity index (χ1) is 9.13. The standard InChI is InChI=1S/C18H31N/c1-4-5-6-7-8-9-10-18(19)14-17-13-15(2)11-12-16(17)3/h11-13,18H,4-10,14,19H2,1-3H3. The average molecular weight is 261 g/mol. The van der Waals surface area contributed by atoms with Crippen LogP contribution in [0.15, 0.2) is 18.2 Å². The zero-order valence-corrected chi connectivity index (χ0v) is 13.0. The smallest absolute Gasteiger partial charge is 0.00794 e. The van der Waals surface area contributed by atoms with Crippen LogP contribution in [-0.2, 0) is 6.42 Å². The van der Waals surface area contributed by atoms with Crippen LogP contribution >= 0.6 is 0 Å². The molecular weight excluding hydrogens is 230 g/mol. The monoisotopic (exact) mass is 261 g/mol. The van der Waals surface area contributed by atoms with Crippen molar-refractivity contribution in [1.29, 1.82) is 0 Å². The van der Waals surface area contributed by atoms with Crippen LogP contribution in [-0.4, -0.2) is 6.04 Å². The van der Waals surface area contributed by atoms with E-state index in [0.717, 1.165) is 6.42 Å². The summed E-state index contributed by atoms with van der Waals surface area (Å²) in [5.74, 6) is 0. The summed E-state index contributed by atoms with van der Waals surface area (Å²) in [7, 11) is 0. The Kier molecular flexibility index (Phi) is 7.81. The third-order valence-electron chi connectivity index (χ3n) is 3.92. The molecule has 0 aliphatic heterocycles. The van der Waals surface area contributed by atoms with E-state index in [1.165, 1.54) is 61.6 Å². The molecule has 0 aromatic heterocycles. The molecule has 0 saturated heterocycles. The zero-order chi connectivity index (χ0) is 14.1. The highest BCUT2D eigenvalue weighted by atomic mass is 14.6. The van der Waals surface area contributed by atoms with Gasteiger partial charge in [0.2, 0.25) is 0 Å². The summed E-state index contributed by atoms with van der Waals surface area (Å²) in [6, 6.07) is 7.00. The molecule has 1 unspecified atom stereocenters. The molecule has 1 heteroatoms. The van der Waals surface area contributed by atoms with Crippen molar-refractivity contribution in [3.8, 4) is 0 Å². The van der Waals surface area contributed by atoms with Gasteiger partial charge in [-0.25, -0.2) is 0 Å². The minimum atomic E-state index is 0.326. The van der Waals surface area contributed by atoms with Gasteiger partial charge in [-0.15, -0.1) is 0 Å². The molecule has 108 valence electrons. The van der Waals surface area contributed by atoms with E-state index in [9.17, 15) is 0 Å². The second kappa shape index (κ2) is 9.14. The maximum absolute atomic E-state index is 6.27. The van der Waals surface area contributed by atoms with Crippen LogP contribution in [0.4, 0.5) is 0 Å². The molecular formula is C18H31N. The first kappa shape index (κ1) is 16.2. The Morgan fingerprint density at radius 3 is 2.42 bits per heavy atom. The second-order valence-corrected chi connectivity index (χ2v) is 5.95. The summed E-state index contributed by atoms with van der Waals surface area (Å²) in [4.78, 5) is 0. The van der Waals surface area contributed by atoms with E-state index in [1.54, 1.807) is 0 Å². The van der Waals surface area contributed by atoms with Crippen molar-refractivity contribution >= 4 is 0 Å². The number of nitrogens with two attached hydrogens (primary N) is 1. The van der Waals surface area contributed by atoms with Crippen LogP contribution in [0.2, 0.25) is 0 Å². The lowest BCUT2D eigenvalue weighted by molar-refractivity contribution is 0.532. The Labute approximate surface area is 119 Å². The van der Waals surface area contributed by atoms with E-state index < -0.39 is 0 Å². The van der Waals surface area contributed by atoms with Crippen molar-refractivity contribution in [3.63, 3.8) is 0 Å². The highest BCUT2D eigenvalue weighted by molar-refractivity contribution is 5.31. The Bertz CT molecular complexity index is 357. The van der Waals surface area contributed by atoms with Gasteiger partial charge in [-0.05, 0) is 37.8 Å². The fraction of sp³-hybridized carbons (Fsp3) is 0.667. The first-order valence-electron chi connectivity index (χ1n) is 7.95. The topological polar surface area (TPSA) is 26.0 Å². The summed E-state index contributed by atoms with van der Waals surface area (Å²) in [5, 5.41) is 0. The van der Waals surface area contributed by atoms with Crippen LogP contribution in [0.5, 0.6) is 0 Å². The SMILES string of the molecule is CCCCCCCCC(N)Cc1cc(C)ccc1C. The van der Waals surface area contributed by atoms with Crippen molar-refractivity contribution in [3.05, 3.63) is 34.9 Å².